The Hall–Kier alpha value is -2.22. The Labute approximate surface area is 105 Å². The van der Waals surface area contributed by atoms with Crippen LogP contribution in [0.5, 0.6) is 0 Å². The second kappa shape index (κ2) is 3.91. The highest BCUT2D eigenvalue weighted by Gasteiger charge is 2.28. The van der Waals surface area contributed by atoms with Crippen LogP contribution in [-0.4, -0.2) is 11.6 Å². The Morgan fingerprint density at radius 3 is 2.33 bits per heavy atom. The molecule has 0 unspecified atom stereocenters. The Morgan fingerprint density at radius 1 is 0.944 bits per heavy atom. The highest BCUT2D eigenvalue weighted by Crippen LogP contribution is 2.38. The molecule has 0 aromatic heterocycles. The summed E-state index contributed by atoms with van der Waals surface area (Å²) in [6.07, 6.45) is 0.322. The van der Waals surface area contributed by atoms with Gasteiger partial charge in [-0.1, -0.05) is 42.5 Å². The lowest BCUT2D eigenvalue weighted by molar-refractivity contribution is -0.116. The molecule has 3 rings (SSSR count). The van der Waals surface area contributed by atoms with E-state index >= 15 is 0 Å². The monoisotopic (exact) mass is 236 g/mol. The van der Waals surface area contributed by atoms with Crippen molar-refractivity contribution in [2.24, 2.45) is 0 Å². The number of carbonyl (C=O) groups is 2. The molecule has 0 amide bonds. The number of hydrogen-bond acceptors (Lipinski definition) is 2. The first kappa shape index (κ1) is 10.9. The molecule has 2 aromatic carbocycles. The van der Waals surface area contributed by atoms with E-state index in [2.05, 4.69) is 0 Å². The van der Waals surface area contributed by atoms with Crippen molar-refractivity contribution >= 4 is 11.6 Å². The zero-order chi connectivity index (χ0) is 12.7. The summed E-state index contributed by atoms with van der Waals surface area (Å²) in [5, 5.41) is 0. The van der Waals surface area contributed by atoms with E-state index in [1.807, 2.05) is 42.5 Å². The van der Waals surface area contributed by atoms with Crippen molar-refractivity contribution in [2.45, 2.75) is 13.3 Å². The van der Waals surface area contributed by atoms with Crippen LogP contribution in [0.3, 0.4) is 0 Å². The van der Waals surface area contributed by atoms with Gasteiger partial charge in [-0.2, -0.15) is 0 Å². The van der Waals surface area contributed by atoms with Gasteiger partial charge in [0.05, 0.1) is 0 Å². The fraction of sp³-hybridized carbons (Fsp3) is 0.125. The predicted octanol–water partition coefficient (Wildman–Crippen LogP) is 3.03. The van der Waals surface area contributed by atoms with Crippen molar-refractivity contribution in [1.29, 1.82) is 0 Å². The molecule has 0 heterocycles. The predicted molar refractivity (Wildman–Crippen MR) is 69.7 cm³/mol. The van der Waals surface area contributed by atoms with E-state index in [0.717, 1.165) is 22.3 Å². The Morgan fingerprint density at radius 2 is 1.61 bits per heavy atom. The first-order valence-electron chi connectivity index (χ1n) is 5.94. The highest BCUT2D eigenvalue weighted by molar-refractivity contribution is 6.22. The lowest BCUT2D eigenvalue weighted by Crippen LogP contribution is -2.04. The van der Waals surface area contributed by atoms with Crippen LogP contribution in [0.25, 0.3) is 11.1 Å². The molecular formula is C16H12O2. The van der Waals surface area contributed by atoms with Crippen LogP contribution in [0.2, 0.25) is 0 Å². The van der Waals surface area contributed by atoms with Crippen LogP contribution in [-0.2, 0) is 11.2 Å². The molecule has 0 saturated carbocycles. The molecule has 0 bridgehead atoms. The quantitative estimate of drug-likeness (QED) is 0.685. The molecule has 0 atom stereocenters. The number of ketones is 2. The van der Waals surface area contributed by atoms with Crippen LogP contribution in [0.4, 0.5) is 0 Å². The van der Waals surface area contributed by atoms with Crippen LogP contribution >= 0.6 is 0 Å². The standard InChI is InChI=1S/C16H12O2/c1-10(17)9-11-5-4-8-13-12-6-2-3-7-14(12)16(18)15(11)13/h2-8H,9H2,1H3. The lowest BCUT2D eigenvalue weighted by atomic mass is 9.97. The summed E-state index contributed by atoms with van der Waals surface area (Å²) in [7, 11) is 0. The lowest BCUT2D eigenvalue weighted by Gasteiger charge is -2.05. The fourth-order valence-corrected chi connectivity index (χ4v) is 2.56. The molecule has 2 heteroatoms. The second-order valence-corrected chi connectivity index (χ2v) is 4.59. The molecule has 2 nitrogen and oxygen atoms in total. The summed E-state index contributed by atoms with van der Waals surface area (Å²) in [5.74, 6) is 0.115. The van der Waals surface area contributed by atoms with E-state index in [9.17, 15) is 9.59 Å². The minimum atomic E-state index is 0.0393. The van der Waals surface area contributed by atoms with Gasteiger partial charge >= 0.3 is 0 Å². The maximum absolute atomic E-state index is 12.4. The summed E-state index contributed by atoms with van der Waals surface area (Å²) in [6, 6.07) is 13.3. The van der Waals surface area contributed by atoms with Crippen molar-refractivity contribution in [3.05, 3.63) is 59.2 Å². The van der Waals surface area contributed by atoms with Crippen LogP contribution < -0.4 is 0 Å². The Balaban J connectivity index is 2.24. The summed E-state index contributed by atoms with van der Waals surface area (Å²) in [6.45, 7) is 1.55. The Kier molecular flexibility index (Phi) is 2.37. The second-order valence-electron chi connectivity index (χ2n) is 4.59. The molecule has 88 valence electrons. The average Bonchev–Trinajstić information content (AvgIpc) is 2.65. The molecular weight excluding hydrogens is 224 g/mol. The van der Waals surface area contributed by atoms with Gasteiger partial charge in [0.25, 0.3) is 0 Å². The summed E-state index contributed by atoms with van der Waals surface area (Å²) < 4.78 is 0. The van der Waals surface area contributed by atoms with E-state index in [4.69, 9.17) is 0 Å². The highest BCUT2D eigenvalue weighted by atomic mass is 16.1. The van der Waals surface area contributed by atoms with Crippen molar-refractivity contribution in [1.82, 2.24) is 0 Å². The third kappa shape index (κ3) is 1.50. The number of fused-ring (bicyclic) bond motifs is 3. The van der Waals surface area contributed by atoms with Gasteiger partial charge in [-0.3, -0.25) is 9.59 Å². The minimum Gasteiger partial charge on any atom is -0.300 e. The number of carbonyl (C=O) groups excluding carboxylic acids is 2. The maximum Gasteiger partial charge on any atom is 0.194 e. The van der Waals surface area contributed by atoms with E-state index in [1.54, 1.807) is 6.92 Å². The average molecular weight is 236 g/mol. The van der Waals surface area contributed by atoms with Gasteiger partial charge in [0.2, 0.25) is 0 Å². The van der Waals surface area contributed by atoms with Crippen LogP contribution in [0, 0.1) is 0 Å². The molecule has 0 radical (unpaired) electrons. The molecule has 0 spiro atoms. The van der Waals surface area contributed by atoms with Gasteiger partial charge in [-0.25, -0.2) is 0 Å². The summed E-state index contributed by atoms with van der Waals surface area (Å²) in [4.78, 5) is 23.7. The fourth-order valence-electron chi connectivity index (χ4n) is 2.56. The van der Waals surface area contributed by atoms with Crippen molar-refractivity contribution in [2.75, 3.05) is 0 Å². The molecule has 0 N–H and O–H groups in total. The minimum absolute atomic E-state index is 0.0393. The topological polar surface area (TPSA) is 34.1 Å². The van der Waals surface area contributed by atoms with Gasteiger partial charge in [-0.05, 0) is 23.6 Å². The molecule has 18 heavy (non-hydrogen) atoms. The van der Waals surface area contributed by atoms with Gasteiger partial charge in [0.15, 0.2) is 5.78 Å². The van der Waals surface area contributed by atoms with Crippen molar-refractivity contribution in [3.63, 3.8) is 0 Å². The van der Waals surface area contributed by atoms with Gasteiger partial charge in [0, 0.05) is 17.5 Å². The molecule has 2 aromatic rings. The number of hydrogen-bond donors (Lipinski definition) is 0. The molecule has 0 fully saturated rings. The molecule has 1 aliphatic rings. The van der Waals surface area contributed by atoms with Crippen LogP contribution in [0.1, 0.15) is 28.4 Å². The molecule has 1 aliphatic carbocycles. The van der Waals surface area contributed by atoms with Gasteiger partial charge < -0.3 is 0 Å². The first-order chi connectivity index (χ1) is 8.68. The largest absolute Gasteiger partial charge is 0.300 e. The summed E-state index contributed by atoms with van der Waals surface area (Å²) >= 11 is 0. The zero-order valence-corrected chi connectivity index (χ0v) is 10.1. The number of rotatable bonds is 2. The van der Waals surface area contributed by atoms with E-state index in [-0.39, 0.29) is 11.6 Å². The van der Waals surface area contributed by atoms with Gasteiger partial charge in [0.1, 0.15) is 5.78 Å². The third-order valence-corrected chi connectivity index (χ3v) is 3.28. The van der Waals surface area contributed by atoms with E-state index in [0.29, 0.717) is 12.0 Å². The van der Waals surface area contributed by atoms with E-state index in [1.165, 1.54) is 0 Å². The van der Waals surface area contributed by atoms with Gasteiger partial charge in [-0.15, -0.1) is 0 Å². The van der Waals surface area contributed by atoms with E-state index < -0.39 is 0 Å². The Bertz CT molecular complexity index is 669. The van der Waals surface area contributed by atoms with Crippen molar-refractivity contribution in [3.8, 4) is 11.1 Å². The summed E-state index contributed by atoms with van der Waals surface area (Å²) in [5.41, 5.74) is 4.20. The first-order valence-corrected chi connectivity index (χ1v) is 5.94. The molecule has 0 saturated heterocycles. The number of Topliss-reactive ketones (excluding diaryl/α,β-unsaturated/α-hetero) is 1. The van der Waals surface area contributed by atoms with Crippen molar-refractivity contribution < 1.29 is 9.59 Å². The SMILES string of the molecule is CC(=O)Cc1cccc2c1C(=O)c1ccccc1-2. The molecule has 0 aliphatic heterocycles. The smallest absolute Gasteiger partial charge is 0.194 e. The zero-order valence-electron chi connectivity index (χ0n) is 10.1. The van der Waals surface area contributed by atoms with Crippen LogP contribution in [0.15, 0.2) is 42.5 Å². The third-order valence-electron chi connectivity index (χ3n) is 3.28. The normalized spacial score (nSPS) is 12.2. The maximum atomic E-state index is 12.4. The number of benzene rings is 2.